The van der Waals surface area contributed by atoms with Crippen molar-refractivity contribution in [2.45, 2.75) is 25.7 Å². The van der Waals surface area contributed by atoms with Gasteiger partial charge in [0.05, 0.1) is 36.2 Å². The number of nitriles is 1. The molecule has 0 atom stereocenters. The van der Waals surface area contributed by atoms with Gasteiger partial charge in [0.25, 0.3) is 5.91 Å². The van der Waals surface area contributed by atoms with E-state index in [1.807, 2.05) is 19.2 Å². The van der Waals surface area contributed by atoms with Crippen molar-refractivity contribution in [3.8, 4) is 34.3 Å². The Bertz CT molecular complexity index is 1740. The first kappa shape index (κ1) is 23.6. The maximum absolute atomic E-state index is 13.4. The molecule has 1 fully saturated rings. The number of pyridine rings is 2. The monoisotopic (exact) mass is 519 g/mol. The molecule has 0 unspecified atom stereocenters. The van der Waals surface area contributed by atoms with Crippen LogP contribution >= 0.6 is 11.3 Å². The summed E-state index contributed by atoms with van der Waals surface area (Å²) in [6.07, 6.45) is 7.51. The van der Waals surface area contributed by atoms with E-state index in [2.05, 4.69) is 42.4 Å². The fourth-order valence-electron chi connectivity index (χ4n) is 4.23. The molecule has 1 aliphatic rings. The number of aromatic nitrogens is 5. The van der Waals surface area contributed by atoms with Gasteiger partial charge in [-0.2, -0.15) is 10.2 Å². The van der Waals surface area contributed by atoms with Gasteiger partial charge in [0.15, 0.2) is 15.6 Å². The van der Waals surface area contributed by atoms with Crippen LogP contribution in [0.2, 0.25) is 0 Å². The van der Waals surface area contributed by atoms with E-state index >= 15 is 0 Å². The minimum absolute atomic E-state index is 0.324. The van der Waals surface area contributed by atoms with Crippen molar-refractivity contribution in [2.75, 3.05) is 12.4 Å². The predicted molar refractivity (Wildman–Crippen MR) is 144 cm³/mol. The number of hydrogen-bond acceptors (Lipinski definition) is 9. The van der Waals surface area contributed by atoms with E-state index in [-0.39, 0.29) is 0 Å². The maximum atomic E-state index is 13.4. The molecule has 1 saturated carbocycles. The highest BCUT2D eigenvalue weighted by Crippen LogP contribution is 2.40. The first-order valence-corrected chi connectivity index (χ1v) is 12.8. The largest absolute Gasteiger partial charge is 0.496 e. The fraction of sp³-hybridized carbons (Fsp3) is 0.179. The molecule has 9 nitrogen and oxygen atoms in total. The van der Waals surface area contributed by atoms with Gasteiger partial charge in [0.2, 0.25) is 0 Å². The first-order valence-electron chi connectivity index (χ1n) is 12.0. The minimum atomic E-state index is -0.395. The van der Waals surface area contributed by atoms with Crippen LogP contribution in [0.15, 0.2) is 55.0 Å². The second-order valence-electron chi connectivity index (χ2n) is 9.01. The number of anilines is 1. The van der Waals surface area contributed by atoms with Gasteiger partial charge in [-0.1, -0.05) is 17.4 Å². The molecule has 38 heavy (non-hydrogen) atoms. The van der Waals surface area contributed by atoms with Gasteiger partial charge < -0.3 is 4.74 Å². The maximum Gasteiger partial charge on any atom is 0.259 e. The average molecular weight is 520 g/mol. The number of carbonyl (C=O) groups excluding carboxylic acids is 1. The predicted octanol–water partition coefficient (Wildman–Crippen LogP) is 5.53. The topological polar surface area (TPSA) is 127 Å². The third-order valence-electron chi connectivity index (χ3n) is 6.35. The summed E-state index contributed by atoms with van der Waals surface area (Å²) >= 11 is 1.23. The van der Waals surface area contributed by atoms with Crippen molar-refractivity contribution in [1.29, 1.82) is 5.26 Å². The van der Waals surface area contributed by atoms with E-state index in [0.717, 1.165) is 11.4 Å². The van der Waals surface area contributed by atoms with Crippen molar-refractivity contribution in [2.24, 2.45) is 0 Å². The van der Waals surface area contributed by atoms with Crippen LogP contribution < -0.4 is 10.1 Å². The molecular weight excluding hydrogens is 498 g/mol. The molecule has 0 aliphatic heterocycles. The molecule has 0 bridgehead atoms. The Kier molecular flexibility index (Phi) is 5.98. The summed E-state index contributed by atoms with van der Waals surface area (Å²) in [6.45, 7) is 1.84. The number of ether oxygens (including phenoxy) is 1. The van der Waals surface area contributed by atoms with E-state index in [4.69, 9.17) is 4.74 Å². The number of carbonyl (C=O) groups is 1. The summed E-state index contributed by atoms with van der Waals surface area (Å²) in [5.41, 5.74) is 5.82. The smallest absolute Gasteiger partial charge is 0.259 e. The number of hydrogen-bond donors (Lipinski definition) is 1. The summed E-state index contributed by atoms with van der Waals surface area (Å²) < 4.78 is 5.51. The van der Waals surface area contributed by atoms with Crippen molar-refractivity contribution >= 4 is 32.9 Å². The molecule has 186 valence electrons. The normalized spacial score (nSPS) is 12.8. The molecular formula is C28H21N7O2S. The van der Waals surface area contributed by atoms with Gasteiger partial charge in [-0.15, -0.1) is 0 Å². The van der Waals surface area contributed by atoms with Crippen LogP contribution in [0.1, 0.15) is 45.9 Å². The number of fused-ring (bicyclic) bond motifs is 1. The molecule has 4 heterocycles. The quantitative estimate of drug-likeness (QED) is 0.310. The Balaban J connectivity index is 1.30. The third kappa shape index (κ3) is 4.55. The van der Waals surface area contributed by atoms with Crippen LogP contribution in [0.4, 0.5) is 5.13 Å². The van der Waals surface area contributed by atoms with E-state index in [9.17, 15) is 10.1 Å². The number of methoxy groups -OCH3 is 1. The Labute approximate surface area is 222 Å². The summed E-state index contributed by atoms with van der Waals surface area (Å²) in [7, 11) is 1.55. The van der Waals surface area contributed by atoms with Gasteiger partial charge in [-0.3, -0.25) is 20.1 Å². The zero-order valence-corrected chi connectivity index (χ0v) is 21.4. The molecule has 0 spiro atoms. The van der Waals surface area contributed by atoms with Crippen LogP contribution in [-0.4, -0.2) is 37.9 Å². The van der Waals surface area contributed by atoms with Crippen LogP contribution in [0, 0.1) is 18.3 Å². The second-order valence-corrected chi connectivity index (χ2v) is 9.98. The zero-order valence-electron chi connectivity index (χ0n) is 20.6. The van der Waals surface area contributed by atoms with Crippen LogP contribution in [0.5, 0.6) is 5.75 Å². The highest BCUT2D eigenvalue weighted by molar-refractivity contribution is 7.21. The number of thiazole rings is 1. The molecule has 10 heteroatoms. The highest BCUT2D eigenvalue weighted by atomic mass is 32.1. The lowest BCUT2D eigenvalue weighted by Gasteiger charge is -2.13. The number of nitrogens with one attached hydrogen (secondary N) is 1. The molecule has 6 rings (SSSR count). The molecule has 0 saturated heterocycles. The number of amides is 1. The van der Waals surface area contributed by atoms with Crippen LogP contribution in [0.3, 0.4) is 0 Å². The molecule has 1 N–H and O–H groups in total. The lowest BCUT2D eigenvalue weighted by molar-refractivity contribution is 0.102. The van der Waals surface area contributed by atoms with Crippen LogP contribution in [-0.2, 0) is 0 Å². The van der Waals surface area contributed by atoms with Crippen molar-refractivity contribution < 1.29 is 9.53 Å². The molecule has 5 aromatic rings. The summed E-state index contributed by atoms with van der Waals surface area (Å²) in [5, 5.41) is 12.6. The molecule has 1 aromatic carbocycles. The van der Waals surface area contributed by atoms with Gasteiger partial charge in [0, 0.05) is 29.2 Å². The lowest BCUT2D eigenvalue weighted by Crippen LogP contribution is -2.14. The average Bonchev–Trinajstić information content (AvgIpc) is 3.72. The molecule has 4 aromatic heterocycles. The van der Waals surface area contributed by atoms with Crippen molar-refractivity contribution in [1.82, 2.24) is 24.9 Å². The Morgan fingerprint density at radius 3 is 2.63 bits per heavy atom. The van der Waals surface area contributed by atoms with Crippen molar-refractivity contribution in [3.05, 3.63) is 77.4 Å². The Hall–Kier alpha value is -4.75. The second kappa shape index (κ2) is 9.61. The molecule has 1 aliphatic carbocycles. The summed E-state index contributed by atoms with van der Waals surface area (Å²) in [5.74, 6) is 0.787. The Morgan fingerprint density at radius 1 is 1.03 bits per heavy atom. The van der Waals surface area contributed by atoms with E-state index in [1.165, 1.54) is 35.9 Å². The number of aryl methyl sites for hydroxylation is 1. The fourth-order valence-corrected chi connectivity index (χ4v) is 5.02. The Morgan fingerprint density at radius 2 is 1.89 bits per heavy atom. The number of benzene rings is 1. The third-order valence-corrected chi connectivity index (χ3v) is 7.20. The SMILES string of the molecule is COc1ccc(C#N)cc1-c1cc(C)ncc1C(=O)Nc1nc2ncc(-c3ccc(C4CC4)cn3)nc2s1. The van der Waals surface area contributed by atoms with Gasteiger partial charge >= 0.3 is 0 Å². The summed E-state index contributed by atoms with van der Waals surface area (Å²) in [6, 6.07) is 13.1. The molecule has 1 amide bonds. The molecule has 0 radical (unpaired) electrons. The van der Waals surface area contributed by atoms with E-state index < -0.39 is 5.91 Å². The van der Waals surface area contributed by atoms with Gasteiger partial charge in [-0.25, -0.2) is 9.97 Å². The lowest BCUT2D eigenvalue weighted by atomic mass is 9.97. The standard InChI is InChI=1S/C28H21N7O2S/c1-15-9-19(20-10-16(11-29)3-8-24(20)37-2)21(13-30-15)26(36)35-28-34-25-27(38-28)33-23(14-32-25)22-7-6-18(12-31-22)17-4-5-17/h3,6-10,12-14,17H,4-5H2,1-2H3,(H,32,34,35,36). The summed E-state index contributed by atoms with van der Waals surface area (Å²) in [4.78, 5) is 36.4. The van der Waals surface area contributed by atoms with Gasteiger partial charge in [-0.05, 0) is 61.6 Å². The van der Waals surface area contributed by atoms with Crippen LogP contribution in [0.25, 0.3) is 33.0 Å². The van der Waals surface area contributed by atoms with Crippen molar-refractivity contribution in [3.63, 3.8) is 0 Å². The minimum Gasteiger partial charge on any atom is -0.496 e. The zero-order chi connectivity index (χ0) is 26.2. The van der Waals surface area contributed by atoms with E-state index in [0.29, 0.717) is 55.2 Å². The number of nitrogens with zero attached hydrogens (tertiary/aromatic N) is 6. The van der Waals surface area contributed by atoms with E-state index in [1.54, 1.807) is 37.6 Å². The number of rotatable bonds is 6. The first-order chi connectivity index (χ1) is 18.5. The highest BCUT2D eigenvalue weighted by Gasteiger charge is 2.24. The van der Waals surface area contributed by atoms with Gasteiger partial charge in [0.1, 0.15) is 11.4 Å².